The average molecular weight is 513 g/mol. The molecule has 0 spiro atoms. The van der Waals surface area contributed by atoms with Crippen LogP contribution < -0.4 is 10.6 Å². The fourth-order valence-corrected chi connectivity index (χ4v) is 4.75. The van der Waals surface area contributed by atoms with Crippen molar-refractivity contribution in [2.24, 2.45) is 5.73 Å². The standard InChI is InChI=1S/C22H22ClN5OS.2ClH/c1-2-3-17-13-19-20(30-17)21(26-14-25-19)27-8-10-28(11-9-27)22(29)18(24)12-15-4-6-16(23)7-5-15;;/h4-7,13-14,18H,8-12,24H2,1H3;2*1H. The molecule has 3 heterocycles. The lowest BCUT2D eigenvalue weighted by Gasteiger charge is -2.36. The molecule has 1 unspecified atom stereocenters. The number of nitrogens with zero attached hydrogens (tertiary/aromatic N) is 4. The Labute approximate surface area is 209 Å². The number of thiophene rings is 1. The highest BCUT2D eigenvalue weighted by molar-refractivity contribution is 7.20. The normalized spacial score (nSPS) is 14.1. The third-order valence-corrected chi connectivity index (χ3v) is 6.41. The number of nitrogens with two attached hydrogens (primary N) is 1. The molecule has 2 aromatic heterocycles. The van der Waals surface area contributed by atoms with Crippen molar-refractivity contribution in [3.8, 4) is 11.8 Å². The van der Waals surface area contributed by atoms with E-state index in [1.807, 2.05) is 42.2 Å². The van der Waals surface area contributed by atoms with E-state index in [0.717, 1.165) is 26.5 Å². The highest BCUT2D eigenvalue weighted by Crippen LogP contribution is 2.31. The van der Waals surface area contributed by atoms with Crippen molar-refractivity contribution in [1.29, 1.82) is 0 Å². The molecule has 1 aliphatic rings. The van der Waals surface area contributed by atoms with Crippen molar-refractivity contribution >= 4 is 69.7 Å². The first kappa shape index (κ1) is 26.2. The van der Waals surface area contributed by atoms with Gasteiger partial charge in [0, 0.05) is 31.2 Å². The van der Waals surface area contributed by atoms with Crippen LogP contribution >= 0.6 is 47.8 Å². The molecule has 4 rings (SSSR count). The van der Waals surface area contributed by atoms with Crippen LogP contribution in [0.4, 0.5) is 5.82 Å². The molecular weight excluding hydrogens is 489 g/mol. The number of carbonyl (C=O) groups is 1. The Morgan fingerprint density at radius 3 is 2.53 bits per heavy atom. The zero-order chi connectivity index (χ0) is 21.1. The Morgan fingerprint density at radius 1 is 1.19 bits per heavy atom. The quantitative estimate of drug-likeness (QED) is 0.539. The maximum atomic E-state index is 12.8. The first-order valence-electron chi connectivity index (χ1n) is 9.76. The maximum Gasteiger partial charge on any atom is 0.239 e. The molecule has 0 bridgehead atoms. The van der Waals surface area contributed by atoms with Gasteiger partial charge >= 0.3 is 0 Å². The minimum absolute atomic E-state index is 0. The Hall–Kier alpha value is -2.08. The van der Waals surface area contributed by atoms with Crippen LogP contribution in [0.2, 0.25) is 5.02 Å². The summed E-state index contributed by atoms with van der Waals surface area (Å²) in [5, 5.41) is 0.674. The molecule has 1 amide bonds. The third kappa shape index (κ3) is 5.83. The molecule has 32 heavy (non-hydrogen) atoms. The summed E-state index contributed by atoms with van der Waals surface area (Å²) in [6.07, 6.45) is 2.09. The topological polar surface area (TPSA) is 75.4 Å². The van der Waals surface area contributed by atoms with Gasteiger partial charge in [-0.25, -0.2) is 9.97 Å². The molecular formula is C22H24Cl3N5OS. The van der Waals surface area contributed by atoms with Crippen LogP contribution in [0.1, 0.15) is 17.4 Å². The molecule has 0 saturated carbocycles. The summed E-state index contributed by atoms with van der Waals surface area (Å²) in [6.45, 7) is 4.47. The second-order valence-corrected chi connectivity index (χ2v) is 8.64. The zero-order valence-electron chi connectivity index (χ0n) is 17.5. The van der Waals surface area contributed by atoms with Gasteiger partial charge in [0.1, 0.15) is 12.1 Å². The van der Waals surface area contributed by atoms with Crippen LogP contribution in [0.5, 0.6) is 0 Å². The van der Waals surface area contributed by atoms with Crippen LogP contribution in [0, 0.1) is 11.8 Å². The van der Waals surface area contributed by atoms with Crippen LogP contribution in [-0.2, 0) is 11.2 Å². The second kappa shape index (κ2) is 11.7. The predicted octanol–water partition coefficient (Wildman–Crippen LogP) is 3.78. The Morgan fingerprint density at radius 2 is 1.88 bits per heavy atom. The summed E-state index contributed by atoms with van der Waals surface area (Å²) in [5.41, 5.74) is 8.11. The van der Waals surface area contributed by atoms with Gasteiger partial charge in [-0.05, 0) is 37.1 Å². The van der Waals surface area contributed by atoms with Crippen molar-refractivity contribution in [2.45, 2.75) is 19.4 Å². The van der Waals surface area contributed by atoms with Gasteiger partial charge < -0.3 is 15.5 Å². The number of carbonyl (C=O) groups excluding carboxylic acids is 1. The molecule has 1 aromatic carbocycles. The Bertz CT molecular complexity index is 1120. The number of anilines is 1. The molecule has 2 N–H and O–H groups in total. The van der Waals surface area contributed by atoms with Gasteiger partial charge in [0.05, 0.1) is 21.1 Å². The summed E-state index contributed by atoms with van der Waals surface area (Å²) in [6, 6.07) is 8.89. The van der Waals surface area contributed by atoms with Crippen LogP contribution in [0.15, 0.2) is 36.7 Å². The van der Waals surface area contributed by atoms with Crippen LogP contribution in [-0.4, -0.2) is 53.0 Å². The van der Waals surface area contributed by atoms with Gasteiger partial charge in [-0.3, -0.25) is 4.79 Å². The second-order valence-electron chi connectivity index (χ2n) is 7.15. The number of fused-ring (bicyclic) bond motifs is 1. The Balaban J connectivity index is 0.00000181. The number of hydrogen-bond donors (Lipinski definition) is 1. The minimum Gasteiger partial charge on any atom is -0.352 e. The fourth-order valence-electron chi connectivity index (χ4n) is 3.59. The molecule has 1 saturated heterocycles. The summed E-state index contributed by atoms with van der Waals surface area (Å²) >= 11 is 7.53. The fraction of sp³-hybridized carbons (Fsp3) is 0.318. The molecule has 1 aliphatic heterocycles. The number of piperazine rings is 1. The summed E-state index contributed by atoms with van der Waals surface area (Å²) < 4.78 is 1.04. The zero-order valence-corrected chi connectivity index (χ0v) is 20.7. The van der Waals surface area contributed by atoms with Crippen molar-refractivity contribution in [1.82, 2.24) is 14.9 Å². The molecule has 6 nitrogen and oxygen atoms in total. The van der Waals surface area contributed by atoms with Crippen molar-refractivity contribution in [3.63, 3.8) is 0 Å². The van der Waals surface area contributed by atoms with Crippen molar-refractivity contribution < 1.29 is 4.79 Å². The lowest BCUT2D eigenvalue weighted by molar-refractivity contribution is -0.132. The van der Waals surface area contributed by atoms with Crippen LogP contribution in [0.25, 0.3) is 10.2 Å². The molecule has 1 atom stereocenters. The van der Waals surface area contributed by atoms with Gasteiger partial charge in [-0.15, -0.1) is 42.1 Å². The molecule has 0 aliphatic carbocycles. The molecule has 1 fully saturated rings. The average Bonchev–Trinajstić information content (AvgIpc) is 3.18. The number of hydrogen-bond acceptors (Lipinski definition) is 6. The highest BCUT2D eigenvalue weighted by atomic mass is 35.5. The van der Waals surface area contributed by atoms with Gasteiger partial charge in [0.25, 0.3) is 0 Å². The van der Waals surface area contributed by atoms with E-state index in [0.29, 0.717) is 37.6 Å². The summed E-state index contributed by atoms with van der Waals surface area (Å²) in [7, 11) is 0. The Kier molecular flexibility index (Phi) is 9.56. The smallest absolute Gasteiger partial charge is 0.239 e. The van der Waals surface area contributed by atoms with Gasteiger partial charge in [0.2, 0.25) is 5.91 Å². The largest absolute Gasteiger partial charge is 0.352 e. The minimum atomic E-state index is -0.559. The molecule has 170 valence electrons. The number of benzene rings is 1. The first-order valence-corrected chi connectivity index (χ1v) is 11.0. The predicted molar refractivity (Wildman–Crippen MR) is 136 cm³/mol. The summed E-state index contributed by atoms with van der Waals surface area (Å²) in [4.78, 5) is 26.7. The number of rotatable bonds is 4. The van der Waals surface area contributed by atoms with Gasteiger partial charge in [0.15, 0.2) is 0 Å². The highest BCUT2D eigenvalue weighted by Gasteiger charge is 2.27. The van der Waals surface area contributed by atoms with E-state index in [4.69, 9.17) is 17.3 Å². The van der Waals surface area contributed by atoms with E-state index in [2.05, 4.69) is 26.7 Å². The SMILES string of the molecule is CC#Cc1cc2ncnc(N3CCN(C(=O)C(N)Cc4ccc(Cl)cc4)CC3)c2s1.Cl.Cl. The van der Waals surface area contributed by atoms with E-state index in [-0.39, 0.29) is 30.7 Å². The number of halogens is 3. The van der Waals surface area contributed by atoms with Gasteiger partial charge in [-0.2, -0.15) is 0 Å². The van der Waals surface area contributed by atoms with Gasteiger partial charge in [-0.1, -0.05) is 29.7 Å². The van der Waals surface area contributed by atoms with E-state index in [1.165, 1.54) is 0 Å². The lowest BCUT2D eigenvalue weighted by atomic mass is 10.1. The third-order valence-electron chi connectivity index (χ3n) is 5.12. The number of aromatic nitrogens is 2. The lowest BCUT2D eigenvalue weighted by Crippen LogP contribution is -2.53. The van der Waals surface area contributed by atoms with Crippen LogP contribution in [0.3, 0.4) is 0 Å². The van der Waals surface area contributed by atoms with E-state index in [9.17, 15) is 4.79 Å². The van der Waals surface area contributed by atoms with E-state index >= 15 is 0 Å². The number of amides is 1. The van der Waals surface area contributed by atoms with Crippen molar-refractivity contribution in [2.75, 3.05) is 31.1 Å². The summed E-state index contributed by atoms with van der Waals surface area (Å²) in [5.74, 6) is 6.91. The maximum absolute atomic E-state index is 12.8. The monoisotopic (exact) mass is 511 g/mol. The van der Waals surface area contributed by atoms with Crippen molar-refractivity contribution in [3.05, 3.63) is 52.1 Å². The molecule has 3 aromatic rings. The molecule has 0 radical (unpaired) electrons. The molecule has 10 heteroatoms. The van der Waals surface area contributed by atoms with E-state index in [1.54, 1.807) is 17.7 Å². The first-order chi connectivity index (χ1) is 14.5. The van der Waals surface area contributed by atoms with E-state index < -0.39 is 6.04 Å².